The van der Waals surface area contributed by atoms with Crippen LogP contribution in [-0.4, -0.2) is 20.9 Å². The molecule has 1 aromatic carbocycles. The van der Waals surface area contributed by atoms with E-state index in [4.69, 9.17) is 5.11 Å². The monoisotopic (exact) mass is 284 g/mol. The standard InChI is InChI=1S/C16H16N2O3/c1-2-10-9-18(17-14(15(10)19)16(20)21)13-7-6-11-4-3-5-12(11)8-13/h6-9H,2-5H2,1H3,(H,20,21). The number of carboxylic acid groups (broad SMARTS) is 1. The summed E-state index contributed by atoms with van der Waals surface area (Å²) in [6.45, 7) is 1.83. The van der Waals surface area contributed by atoms with E-state index in [1.54, 1.807) is 6.20 Å². The maximum absolute atomic E-state index is 12.0. The molecule has 0 fully saturated rings. The Bertz CT molecular complexity index is 778. The molecule has 1 heterocycles. The summed E-state index contributed by atoms with van der Waals surface area (Å²) in [6, 6.07) is 6.01. The molecular weight excluding hydrogens is 268 g/mol. The first kappa shape index (κ1) is 13.5. The van der Waals surface area contributed by atoms with Crippen LogP contribution in [0.1, 0.15) is 40.5 Å². The molecule has 21 heavy (non-hydrogen) atoms. The van der Waals surface area contributed by atoms with Crippen molar-refractivity contribution in [2.75, 3.05) is 0 Å². The van der Waals surface area contributed by atoms with Crippen molar-refractivity contribution in [1.29, 1.82) is 0 Å². The van der Waals surface area contributed by atoms with Crippen LogP contribution >= 0.6 is 0 Å². The van der Waals surface area contributed by atoms with Gasteiger partial charge in [0, 0.05) is 11.8 Å². The summed E-state index contributed by atoms with van der Waals surface area (Å²) in [4.78, 5) is 23.1. The number of aryl methyl sites for hydroxylation is 3. The lowest BCUT2D eigenvalue weighted by molar-refractivity contribution is 0.0686. The van der Waals surface area contributed by atoms with Crippen LogP contribution in [0.2, 0.25) is 0 Å². The summed E-state index contributed by atoms with van der Waals surface area (Å²) in [7, 11) is 0. The fourth-order valence-corrected chi connectivity index (χ4v) is 2.77. The van der Waals surface area contributed by atoms with Crippen LogP contribution < -0.4 is 5.43 Å². The molecule has 0 amide bonds. The van der Waals surface area contributed by atoms with Crippen LogP contribution in [0.3, 0.4) is 0 Å². The predicted molar refractivity (Wildman–Crippen MR) is 78.2 cm³/mol. The number of fused-ring (bicyclic) bond motifs is 1. The molecule has 5 heteroatoms. The second-order valence-corrected chi connectivity index (χ2v) is 5.24. The molecule has 0 bridgehead atoms. The first-order chi connectivity index (χ1) is 10.1. The van der Waals surface area contributed by atoms with E-state index in [1.807, 2.05) is 19.1 Å². The van der Waals surface area contributed by atoms with Gasteiger partial charge in [0.05, 0.1) is 5.69 Å². The first-order valence-electron chi connectivity index (χ1n) is 7.08. The van der Waals surface area contributed by atoms with Crippen LogP contribution in [0.4, 0.5) is 0 Å². The second kappa shape index (κ2) is 5.16. The maximum Gasteiger partial charge on any atom is 0.360 e. The van der Waals surface area contributed by atoms with Gasteiger partial charge in [0.15, 0.2) is 0 Å². The Morgan fingerprint density at radius 2 is 2.10 bits per heavy atom. The number of hydrogen-bond acceptors (Lipinski definition) is 3. The maximum atomic E-state index is 12.0. The Labute approximate surface area is 121 Å². The molecule has 5 nitrogen and oxygen atoms in total. The second-order valence-electron chi connectivity index (χ2n) is 5.24. The van der Waals surface area contributed by atoms with Gasteiger partial charge in [-0.3, -0.25) is 4.79 Å². The molecule has 2 aromatic rings. The first-order valence-corrected chi connectivity index (χ1v) is 7.08. The van der Waals surface area contributed by atoms with E-state index in [9.17, 15) is 9.59 Å². The van der Waals surface area contributed by atoms with Gasteiger partial charge < -0.3 is 5.11 Å². The van der Waals surface area contributed by atoms with Crippen LogP contribution in [0.15, 0.2) is 29.2 Å². The third-order valence-electron chi connectivity index (χ3n) is 3.92. The molecule has 0 atom stereocenters. The summed E-state index contributed by atoms with van der Waals surface area (Å²) in [5.41, 5.74) is 2.96. The minimum absolute atomic E-state index is 0.421. The third-order valence-corrected chi connectivity index (χ3v) is 3.92. The van der Waals surface area contributed by atoms with Crippen molar-refractivity contribution >= 4 is 5.97 Å². The molecule has 3 rings (SSSR count). The summed E-state index contributed by atoms with van der Waals surface area (Å²) in [6.07, 6.45) is 5.39. The zero-order chi connectivity index (χ0) is 15.0. The van der Waals surface area contributed by atoms with Gasteiger partial charge in [-0.25, -0.2) is 9.48 Å². The van der Waals surface area contributed by atoms with Gasteiger partial charge in [0.2, 0.25) is 11.1 Å². The number of aromatic nitrogens is 2. The summed E-state index contributed by atoms with van der Waals surface area (Å²) in [5, 5.41) is 13.1. The highest BCUT2D eigenvalue weighted by atomic mass is 16.4. The zero-order valence-electron chi connectivity index (χ0n) is 11.8. The predicted octanol–water partition coefficient (Wildman–Crippen LogP) is 1.98. The Kier molecular flexibility index (Phi) is 3.33. The average molecular weight is 284 g/mol. The molecule has 0 unspecified atom stereocenters. The average Bonchev–Trinajstić information content (AvgIpc) is 2.94. The summed E-state index contributed by atoms with van der Waals surface area (Å²) < 4.78 is 1.50. The third kappa shape index (κ3) is 2.35. The minimum Gasteiger partial charge on any atom is -0.476 e. The van der Waals surface area contributed by atoms with E-state index in [2.05, 4.69) is 11.2 Å². The van der Waals surface area contributed by atoms with Crippen molar-refractivity contribution in [2.45, 2.75) is 32.6 Å². The molecule has 0 saturated carbocycles. The summed E-state index contributed by atoms with van der Waals surface area (Å²) >= 11 is 0. The van der Waals surface area contributed by atoms with Crippen molar-refractivity contribution in [3.63, 3.8) is 0 Å². The Hall–Kier alpha value is -2.43. The van der Waals surface area contributed by atoms with Crippen molar-refractivity contribution in [2.24, 2.45) is 0 Å². The van der Waals surface area contributed by atoms with E-state index >= 15 is 0 Å². The number of benzene rings is 1. The van der Waals surface area contributed by atoms with Crippen LogP contribution in [0.25, 0.3) is 5.69 Å². The molecule has 0 saturated heterocycles. The van der Waals surface area contributed by atoms with Gasteiger partial charge in [-0.15, -0.1) is 0 Å². The number of nitrogens with zero attached hydrogens (tertiary/aromatic N) is 2. The van der Waals surface area contributed by atoms with Crippen LogP contribution in [-0.2, 0) is 19.3 Å². The van der Waals surface area contributed by atoms with Gasteiger partial charge in [-0.1, -0.05) is 13.0 Å². The normalized spacial score (nSPS) is 13.2. The molecule has 1 aromatic heterocycles. The highest BCUT2D eigenvalue weighted by molar-refractivity contribution is 5.85. The van der Waals surface area contributed by atoms with E-state index in [0.717, 1.165) is 24.9 Å². The molecule has 1 aliphatic carbocycles. The molecular formula is C16H16N2O3. The smallest absolute Gasteiger partial charge is 0.360 e. The largest absolute Gasteiger partial charge is 0.476 e. The van der Waals surface area contributed by atoms with Gasteiger partial charge in [-0.2, -0.15) is 5.10 Å². The lowest BCUT2D eigenvalue weighted by Crippen LogP contribution is -2.24. The molecule has 0 radical (unpaired) electrons. The number of rotatable bonds is 3. The Balaban J connectivity index is 2.16. The van der Waals surface area contributed by atoms with Crippen molar-refractivity contribution < 1.29 is 9.90 Å². The number of aromatic carboxylic acids is 1. The van der Waals surface area contributed by atoms with Crippen LogP contribution in [0.5, 0.6) is 0 Å². The lowest BCUT2D eigenvalue weighted by Gasteiger charge is -2.10. The highest BCUT2D eigenvalue weighted by Gasteiger charge is 2.17. The van der Waals surface area contributed by atoms with E-state index < -0.39 is 17.1 Å². The number of hydrogen-bond donors (Lipinski definition) is 1. The fourth-order valence-electron chi connectivity index (χ4n) is 2.77. The Morgan fingerprint density at radius 3 is 2.81 bits per heavy atom. The van der Waals surface area contributed by atoms with Crippen molar-refractivity contribution in [3.8, 4) is 5.69 Å². The molecule has 0 spiro atoms. The van der Waals surface area contributed by atoms with E-state index in [0.29, 0.717) is 12.0 Å². The minimum atomic E-state index is -1.29. The quantitative estimate of drug-likeness (QED) is 0.935. The van der Waals surface area contributed by atoms with E-state index in [-0.39, 0.29) is 0 Å². The Morgan fingerprint density at radius 1 is 1.33 bits per heavy atom. The zero-order valence-corrected chi connectivity index (χ0v) is 11.8. The van der Waals surface area contributed by atoms with Gasteiger partial charge in [0.25, 0.3) is 0 Å². The topological polar surface area (TPSA) is 72.2 Å². The van der Waals surface area contributed by atoms with Gasteiger partial charge in [-0.05, 0) is 48.9 Å². The van der Waals surface area contributed by atoms with Gasteiger partial charge >= 0.3 is 5.97 Å². The molecule has 0 aliphatic heterocycles. The van der Waals surface area contributed by atoms with Crippen molar-refractivity contribution in [1.82, 2.24) is 9.78 Å². The lowest BCUT2D eigenvalue weighted by atomic mass is 10.1. The SMILES string of the molecule is CCc1cn(-c2ccc3c(c2)CCC3)nc(C(=O)O)c1=O. The van der Waals surface area contributed by atoms with Crippen molar-refractivity contribution in [3.05, 3.63) is 57.0 Å². The fraction of sp³-hybridized carbons (Fsp3) is 0.312. The summed E-state index contributed by atoms with van der Waals surface area (Å²) in [5.74, 6) is -1.29. The number of carboxylic acids is 1. The van der Waals surface area contributed by atoms with E-state index in [1.165, 1.54) is 15.8 Å². The molecule has 1 N–H and O–H groups in total. The number of carbonyl (C=O) groups is 1. The molecule has 108 valence electrons. The highest BCUT2D eigenvalue weighted by Crippen LogP contribution is 2.24. The molecule has 1 aliphatic rings. The van der Waals surface area contributed by atoms with Crippen LogP contribution in [0, 0.1) is 0 Å². The van der Waals surface area contributed by atoms with Gasteiger partial charge in [0.1, 0.15) is 0 Å².